The summed E-state index contributed by atoms with van der Waals surface area (Å²) in [6, 6.07) is 12.4. The molecule has 1 aliphatic heterocycles. The van der Waals surface area contributed by atoms with Gasteiger partial charge in [0, 0.05) is 19.0 Å². The Morgan fingerprint density at radius 1 is 1.11 bits per heavy atom. The molecule has 2 aromatic carbocycles. The van der Waals surface area contributed by atoms with Crippen molar-refractivity contribution in [3.8, 4) is 5.69 Å². The van der Waals surface area contributed by atoms with Crippen molar-refractivity contribution in [2.75, 3.05) is 13.1 Å². The predicted molar refractivity (Wildman–Crippen MR) is 93.4 cm³/mol. The van der Waals surface area contributed by atoms with Gasteiger partial charge in [-0.05, 0) is 53.6 Å². The standard InChI is InChI=1S/C19H17F2N5O/c20-14-8-9-17(21)16(11-14)19(27)25-10-4-5-13(12-25)18-22-23-24-26(18)15-6-2-1-3-7-15/h1-3,6-9,11,13H,4-5,10,12H2. The smallest absolute Gasteiger partial charge is 0.256 e. The molecule has 0 bridgehead atoms. The second kappa shape index (κ2) is 7.22. The molecule has 6 nitrogen and oxygen atoms in total. The van der Waals surface area contributed by atoms with E-state index < -0.39 is 17.5 Å². The molecule has 8 heteroatoms. The molecular weight excluding hydrogens is 352 g/mol. The Bertz CT molecular complexity index is 960. The van der Waals surface area contributed by atoms with Gasteiger partial charge in [-0.2, -0.15) is 4.68 Å². The number of carbonyl (C=O) groups excluding carboxylic acids is 1. The third kappa shape index (κ3) is 3.42. The minimum atomic E-state index is -0.724. The van der Waals surface area contributed by atoms with E-state index in [9.17, 15) is 13.6 Å². The van der Waals surface area contributed by atoms with E-state index in [4.69, 9.17) is 0 Å². The largest absolute Gasteiger partial charge is 0.338 e. The fourth-order valence-corrected chi connectivity index (χ4v) is 3.41. The third-order valence-electron chi connectivity index (χ3n) is 4.73. The van der Waals surface area contributed by atoms with Gasteiger partial charge < -0.3 is 4.90 Å². The van der Waals surface area contributed by atoms with Gasteiger partial charge in [-0.15, -0.1) is 5.10 Å². The Hall–Kier alpha value is -3.16. The molecule has 1 unspecified atom stereocenters. The summed E-state index contributed by atoms with van der Waals surface area (Å²) in [5.41, 5.74) is 0.579. The van der Waals surface area contributed by atoms with Crippen LogP contribution in [0.25, 0.3) is 5.69 Å². The van der Waals surface area contributed by atoms with Crippen LogP contribution >= 0.6 is 0 Å². The highest BCUT2D eigenvalue weighted by atomic mass is 19.1. The van der Waals surface area contributed by atoms with Crippen LogP contribution in [0.2, 0.25) is 0 Å². The fraction of sp³-hybridized carbons (Fsp3) is 0.263. The number of benzene rings is 2. The van der Waals surface area contributed by atoms with Gasteiger partial charge in [-0.3, -0.25) is 4.79 Å². The molecule has 2 heterocycles. The number of rotatable bonds is 3. The van der Waals surface area contributed by atoms with E-state index in [0.717, 1.165) is 36.7 Å². The van der Waals surface area contributed by atoms with Crippen molar-refractivity contribution >= 4 is 5.91 Å². The lowest BCUT2D eigenvalue weighted by molar-refractivity contribution is 0.0698. The van der Waals surface area contributed by atoms with Crippen LogP contribution in [0.4, 0.5) is 8.78 Å². The van der Waals surface area contributed by atoms with Crippen molar-refractivity contribution in [3.63, 3.8) is 0 Å². The first-order chi connectivity index (χ1) is 13.1. The Morgan fingerprint density at radius 3 is 2.74 bits per heavy atom. The Morgan fingerprint density at radius 2 is 1.93 bits per heavy atom. The number of carbonyl (C=O) groups is 1. The quantitative estimate of drug-likeness (QED) is 0.712. The van der Waals surface area contributed by atoms with Gasteiger partial charge in [0.2, 0.25) is 0 Å². The van der Waals surface area contributed by atoms with Crippen LogP contribution in [-0.4, -0.2) is 44.1 Å². The van der Waals surface area contributed by atoms with Crippen LogP contribution < -0.4 is 0 Å². The molecule has 1 aliphatic rings. The molecule has 1 aromatic heterocycles. The third-order valence-corrected chi connectivity index (χ3v) is 4.73. The molecule has 1 atom stereocenters. The number of nitrogens with zero attached hydrogens (tertiary/aromatic N) is 5. The second-order valence-corrected chi connectivity index (χ2v) is 6.50. The van der Waals surface area contributed by atoms with Gasteiger partial charge in [-0.25, -0.2) is 8.78 Å². The van der Waals surface area contributed by atoms with Crippen molar-refractivity contribution in [2.24, 2.45) is 0 Å². The maximum atomic E-state index is 14.0. The second-order valence-electron chi connectivity index (χ2n) is 6.50. The topological polar surface area (TPSA) is 63.9 Å². The Kier molecular flexibility index (Phi) is 4.62. The molecule has 27 heavy (non-hydrogen) atoms. The predicted octanol–water partition coefficient (Wildman–Crippen LogP) is 2.96. The average Bonchev–Trinajstić information content (AvgIpc) is 3.20. The number of halogens is 2. The summed E-state index contributed by atoms with van der Waals surface area (Å²) >= 11 is 0. The van der Waals surface area contributed by atoms with E-state index in [2.05, 4.69) is 15.5 Å². The molecule has 1 amide bonds. The molecule has 138 valence electrons. The number of piperidine rings is 1. The molecule has 0 N–H and O–H groups in total. The van der Waals surface area contributed by atoms with Gasteiger partial charge in [0.05, 0.1) is 11.3 Å². The van der Waals surface area contributed by atoms with E-state index in [0.29, 0.717) is 18.9 Å². The number of aromatic nitrogens is 4. The van der Waals surface area contributed by atoms with Crippen molar-refractivity contribution in [1.82, 2.24) is 25.1 Å². The van der Waals surface area contributed by atoms with Crippen LogP contribution in [0.3, 0.4) is 0 Å². The normalized spacial score (nSPS) is 17.1. The molecule has 0 saturated carbocycles. The first kappa shape index (κ1) is 17.3. The summed E-state index contributed by atoms with van der Waals surface area (Å²) in [5.74, 6) is -1.32. The highest BCUT2D eigenvalue weighted by Crippen LogP contribution is 2.28. The fourth-order valence-electron chi connectivity index (χ4n) is 3.41. The zero-order valence-electron chi connectivity index (χ0n) is 14.4. The van der Waals surface area contributed by atoms with Crippen LogP contribution in [0.5, 0.6) is 0 Å². The molecule has 0 radical (unpaired) electrons. The number of hydrogen-bond acceptors (Lipinski definition) is 4. The molecule has 4 rings (SSSR count). The number of amides is 1. The van der Waals surface area contributed by atoms with Gasteiger partial charge in [0.15, 0.2) is 5.82 Å². The number of tetrazole rings is 1. The Labute approximate surface area is 154 Å². The Balaban J connectivity index is 1.58. The van der Waals surface area contributed by atoms with Crippen molar-refractivity contribution in [3.05, 3.63) is 71.6 Å². The summed E-state index contributed by atoms with van der Waals surface area (Å²) in [6.07, 6.45) is 1.54. The summed E-state index contributed by atoms with van der Waals surface area (Å²) in [4.78, 5) is 14.2. The first-order valence-electron chi connectivity index (χ1n) is 8.71. The first-order valence-corrected chi connectivity index (χ1v) is 8.71. The van der Waals surface area contributed by atoms with Crippen LogP contribution in [0.15, 0.2) is 48.5 Å². The lowest BCUT2D eigenvalue weighted by Crippen LogP contribution is -2.40. The molecule has 1 saturated heterocycles. The molecule has 3 aromatic rings. The lowest BCUT2D eigenvalue weighted by Gasteiger charge is -2.32. The van der Waals surface area contributed by atoms with E-state index in [-0.39, 0.29) is 11.5 Å². The van der Waals surface area contributed by atoms with Gasteiger partial charge >= 0.3 is 0 Å². The molecule has 0 aliphatic carbocycles. The monoisotopic (exact) mass is 369 g/mol. The average molecular weight is 369 g/mol. The minimum Gasteiger partial charge on any atom is -0.338 e. The SMILES string of the molecule is O=C(c1cc(F)ccc1F)N1CCCC(c2nnnn2-c2ccccc2)C1. The highest BCUT2D eigenvalue weighted by Gasteiger charge is 2.30. The van der Waals surface area contributed by atoms with Gasteiger partial charge in [0.25, 0.3) is 5.91 Å². The van der Waals surface area contributed by atoms with Crippen molar-refractivity contribution in [2.45, 2.75) is 18.8 Å². The van der Waals surface area contributed by atoms with Crippen LogP contribution in [-0.2, 0) is 0 Å². The zero-order chi connectivity index (χ0) is 18.8. The van der Waals surface area contributed by atoms with Crippen LogP contribution in [0.1, 0.15) is 34.9 Å². The maximum Gasteiger partial charge on any atom is 0.256 e. The minimum absolute atomic E-state index is 0.0884. The lowest BCUT2D eigenvalue weighted by atomic mass is 9.96. The molecular formula is C19H17F2N5O. The van der Waals surface area contributed by atoms with E-state index in [1.807, 2.05) is 30.3 Å². The number of hydrogen-bond donors (Lipinski definition) is 0. The highest BCUT2D eigenvalue weighted by molar-refractivity contribution is 5.94. The van der Waals surface area contributed by atoms with E-state index >= 15 is 0 Å². The van der Waals surface area contributed by atoms with E-state index in [1.165, 1.54) is 4.90 Å². The summed E-state index contributed by atoms with van der Waals surface area (Å²) in [6.45, 7) is 0.834. The van der Waals surface area contributed by atoms with Gasteiger partial charge in [0.1, 0.15) is 11.6 Å². The molecule has 0 spiro atoms. The summed E-state index contributed by atoms with van der Waals surface area (Å²) in [5, 5.41) is 12.0. The molecule has 1 fully saturated rings. The summed E-state index contributed by atoms with van der Waals surface area (Å²) < 4.78 is 29.1. The maximum absolute atomic E-state index is 14.0. The van der Waals surface area contributed by atoms with Crippen molar-refractivity contribution in [1.29, 1.82) is 0 Å². The number of para-hydroxylation sites is 1. The number of likely N-dealkylation sites (tertiary alicyclic amines) is 1. The van der Waals surface area contributed by atoms with E-state index in [1.54, 1.807) is 4.68 Å². The van der Waals surface area contributed by atoms with Crippen molar-refractivity contribution < 1.29 is 13.6 Å². The van der Waals surface area contributed by atoms with Gasteiger partial charge in [-0.1, -0.05) is 18.2 Å². The zero-order valence-corrected chi connectivity index (χ0v) is 14.4. The van der Waals surface area contributed by atoms with Crippen LogP contribution in [0, 0.1) is 11.6 Å². The summed E-state index contributed by atoms with van der Waals surface area (Å²) in [7, 11) is 0.